The Morgan fingerprint density at radius 1 is 1.67 bits per heavy atom. The maximum atomic E-state index is 3.25. The first-order valence-corrected chi connectivity index (χ1v) is 3.20. The van der Waals surface area contributed by atoms with Gasteiger partial charge in [0, 0.05) is 6.54 Å². The van der Waals surface area contributed by atoms with Crippen molar-refractivity contribution in [2.45, 2.75) is 6.42 Å². The summed E-state index contributed by atoms with van der Waals surface area (Å²) in [5, 5.41) is 0. The Bertz CT molecular complexity index is 143. The van der Waals surface area contributed by atoms with Crippen LogP contribution in [-0.4, -0.2) is 25.5 Å². The van der Waals surface area contributed by atoms with Crippen LogP contribution in [0.2, 0.25) is 0 Å². The van der Waals surface area contributed by atoms with E-state index < -0.39 is 0 Å². The Morgan fingerprint density at radius 2 is 2.44 bits per heavy atom. The zero-order valence-corrected chi connectivity index (χ0v) is 6.02. The normalized spacial score (nSPS) is 17.0. The summed E-state index contributed by atoms with van der Waals surface area (Å²) >= 11 is 0. The third-order valence-corrected chi connectivity index (χ3v) is 1.25. The third kappa shape index (κ3) is 2.02. The molecular formula is C8H12N. The third-order valence-electron chi connectivity index (χ3n) is 1.25. The van der Waals surface area contributed by atoms with E-state index in [4.69, 9.17) is 0 Å². The minimum atomic E-state index is 1.00. The van der Waals surface area contributed by atoms with Crippen molar-refractivity contribution in [1.29, 1.82) is 0 Å². The van der Waals surface area contributed by atoms with E-state index in [1.165, 1.54) is 5.57 Å². The summed E-state index contributed by atoms with van der Waals surface area (Å²) in [5.41, 5.74) is 1.32. The van der Waals surface area contributed by atoms with E-state index >= 15 is 0 Å². The molecule has 0 amide bonds. The van der Waals surface area contributed by atoms with Crippen LogP contribution in [0.15, 0.2) is 17.7 Å². The maximum Gasteiger partial charge on any atom is 0.0230 e. The molecule has 0 fully saturated rings. The van der Waals surface area contributed by atoms with Crippen LogP contribution in [0.5, 0.6) is 0 Å². The van der Waals surface area contributed by atoms with E-state index in [0.29, 0.717) is 0 Å². The topological polar surface area (TPSA) is 3.24 Å². The first kappa shape index (κ1) is 6.56. The fourth-order valence-corrected chi connectivity index (χ4v) is 0.899. The lowest BCUT2D eigenvalue weighted by atomic mass is 10.3. The molecule has 1 heteroatoms. The van der Waals surface area contributed by atoms with Crippen molar-refractivity contribution in [1.82, 2.24) is 4.90 Å². The molecule has 0 aliphatic heterocycles. The summed E-state index contributed by atoms with van der Waals surface area (Å²) in [7, 11) is 4.14. The molecule has 0 aromatic heterocycles. The molecule has 1 aliphatic rings. The summed E-state index contributed by atoms with van der Waals surface area (Å²) in [6.45, 7) is 1.02. The molecule has 49 valence electrons. The van der Waals surface area contributed by atoms with Gasteiger partial charge in [0.25, 0.3) is 0 Å². The van der Waals surface area contributed by atoms with Gasteiger partial charge in [-0.2, -0.15) is 0 Å². The van der Waals surface area contributed by atoms with Gasteiger partial charge >= 0.3 is 0 Å². The fourth-order valence-electron chi connectivity index (χ4n) is 0.899. The van der Waals surface area contributed by atoms with E-state index in [-0.39, 0.29) is 0 Å². The highest BCUT2D eigenvalue weighted by Crippen LogP contribution is 2.07. The summed E-state index contributed by atoms with van der Waals surface area (Å²) in [6.07, 6.45) is 8.53. The molecule has 0 aromatic carbocycles. The van der Waals surface area contributed by atoms with Crippen LogP contribution in [0.1, 0.15) is 6.42 Å². The molecule has 0 saturated carbocycles. The number of likely N-dealkylation sites (N-methyl/N-ethyl adjacent to an activating group) is 1. The Kier molecular flexibility index (Phi) is 2.06. The van der Waals surface area contributed by atoms with Gasteiger partial charge in [0.05, 0.1) is 0 Å². The molecule has 1 rings (SSSR count). The lowest BCUT2D eigenvalue weighted by Crippen LogP contribution is -2.13. The molecule has 0 unspecified atom stereocenters. The van der Waals surface area contributed by atoms with Crippen molar-refractivity contribution in [3.8, 4) is 0 Å². The van der Waals surface area contributed by atoms with Crippen molar-refractivity contribution in [3.63, 3.8) is 0 Å². The molecule has 0 heterocycles. The van der Waals surface area contributed by atoms with Crippen LogP contribution in [0.4, 0.5) is 0 Å². The number of rotatable bonds is 2. The molecule has 0 bridgehead atoms. The lowest BCUT2D eigenvalue weighted by Gasteiger charge is -2.07. The predicted molar refractivity (Wildman–Crippen MR) is 39.1 cm³/mol. The second-order valence-electron chi connectivity index (χ2n) is 2.55. The Hall–Kier alpha value is -0.560. The molecular weight excluding hydrogens is 110 g/mol. The van der Waals surface area contributed by atoms with Crippen LogP contribution in [-0.2, 0) is 0 Å². The average Bonchev–Trinajstić information content (AvgIpc) is 2.15. The second-order valence-corrected chi connectivity index (χ2v) is 2.55. The molecule has 0 atom stereocenters. The summed E-state index contributed by atoms with van der Waals surface area (Å²) < 4.78 is 0. The smallest absolute Gasteiger partial charge is 0.0230 e. The largest absolute Gasteiger partial charge is 0.305 e. The number of allylic oxidation sites excluding steroid dienone is 2. The molecule has 0 spiro atoms. The molecule has 9 heavy (non-hydrogen) atoms. The van der Waals surface area contributed by atoms with Gasteiger partial charge < -0.3 is 4.90 Å². The van der Waals surface area contributed by atoms with Crippen molar-refractivity contribution in [2.75, 3.05) is 20.6 Å². The standard InChI is InChI=1S/C8H12N/c1-9(2)7-8-5-3-4-6-8/h3,5H,4,7H2,1-2H3. The second kappa shape index (κ2) is 2.83. The first-order valence-electron chi connectivity index (χ1n) is 3.20. The number of hydrogen-bond acceptors (Lipinski definition) is 1. The van der Waals surface area contributed by atoms with Crippen LogP contribution < -0.4 is 0 Å². The van der Waals surface area contributed by atoms with E-state index in [1.807, 2.05) is 0 Å². The highest BCUT2D eigenvalue weighted by molar-refractivity contribution is 5.23. The minimum absolute atomic E-state index is 1.00. The van der Waals surface area contributed by atoms with Crippen LogP contribution >= 0.6 is 0 Å². The monoisotopic (exact) mass is 122 g/mol. The fraction of sp³-hybridized carbons (Fsp3) is 0.500. The SMILES string of the molecule is CN(C)CC1=[C]CC=C1. The molecule has 1 radical (unpaired) electrons. The Labute approximate surface area is 56.7 Å². The molecule has 1 nitrogen and oxygen atoms in total. The number of nitrogens with zero attached hydrogens (tertiary/aromatic N) is 1. The van der Waals surface area contributed by atoms with Crippen molar-refractivity contribution in [2.24, 2.45) is 0 Å². The van der Waals surface area contributed by atoms with E-state index in [0.717, 1.165) is 13.0 Å². The van der Waals surface area contributed by atoms with Gasteiger partial charge in [-0.1, -0.05) is 12.2 Å². The van der Waals surface area contributed by atoms with E-state index in [2.05, 4.69) is 37.2 Å². The zero-order chi connectivity index (χ0) is 6.69. The van der Waals surface area contributed by atoms with Gasteiger partial charge in [0.2, 0.25) is 0 Å². The lowest BCUT2D eigenvalue weighted by molar-refractivity contribution is 0.448. The van der Waals surface area contributed by atoms with Crippen molar-refractivity contribution < 1.29 is 0 Å². The van der Waals surface area contributed by atoms with Gasteiger partial charge in [-0.25, -0.2) is 0 Å². The highest BCUT2D eigenvalue weighted by atomic mass is 15.0. The zero-order valence-electron chi connectivity index (χ0n) is 6.02. The van der Waals surface area contributed by atoms with Gasteiger partial charge in [-0.3, -0.25) is 0 Å². The molecule has 0 saturated heterocycles. The summed E-state index contributed by atoms with van der Waals surface area (Å²) in [5.74, 6) is 0. The quantitative estimate of drug-likeness (QED) is 0.532. The van der Waals surface area contributed by atoms with Crippen LogP contribution in [0.25, 0.3) is 0 Å². The minimum Gasteiger partial charge on any atom is -0.305 e. The van der Waals surface area contributed by atoms with Gasteiger partial charge in [0.1, 0.15) is 0 Å². The number of hydrogen-bond donors (Lipinski definition) is 0. The summed E-state index contributed by atoms with van der Waals surface area (Å²) in [6, 6.07) is 0. The molecule has 0 aromatic rings. The van der Waals surface area contributed by atoms with Crippen LogP contribution in [0.3, 0.4) is 0 Å². The van der Waals surface area contributed by atoms with Gasteiger partial charge in [0.15, 0.2) is 0 Å². The Morgan fingerprint density at radius 3 is 2.89 bits per heavy atom. The predicted octanol–water partition coefficient (Wildman–Crippen LogP) is 1.24. The van der Waals surface area contributed by atoms with Gasteiger partial charge in [-0.15, -0.1) is 0 Å². The molecule has 1 aliphatic carbocycles. The van der Waals surface area contributed by atoms with Crippen molar-refractivity contribution >= 4 is 0 Å². The van der Waals surface area contributed by atoms with Crippen molar-refractivity contribution in [3.05, 3.63) is 23.8 Å². The highest BCUT2D eigenvalue weighted by Gasteiger charge is 1.97. The first-order chi connectivity index (χ1) is 4.29. The van der Waals surface area contributed by atoms with Crippen LogP contribution in [0, 0.1) is 6.08 Å². The average molecular weight is 122 g/mol. The van der Waals surface area contributed by atoms with E-state index in [9.17, 15) is 0 Å². The van der Waals surface area contributed by atoms with E-state index in [1.54, 1.807) is 0 Å². The molecule has 0 N–H and O–H groups in total. The Balaban J connectivity index is 2.35. The van der Waals surface area contributed by atoms with Gasteiger partial charge in [-0.05, 0) is 32.2 Å². The maximum absolute atomic E-state index is 3.25. The summed E-state index contributed by atoms with van der Waals surface area (Å²) in [4.78, 5) is 2.15.